The van der Waals surface area contributed by atoms with E-state index in [4.69, 9.17) is 0 Å². The molecule has 0 bridgehead atoms. The maximum absolute atomic E-state index is 14.6. The van der Waals surface area contributed by atoms with Gasteiger partial charge in [-0.1, -0.05) is 0 Å². The van der Waals surface area contributed by atoms with E-state index < -0.39 is 11.5 Å². The van der Waals surface area contributed by atoms with Crippen LogP contribution in [0.3, 0.4) is 0 Å². The maximum atomic E-state index is 14.6. The molecule has 1 unspecified atom stereocenters. The highest BCUT2D eigenvalue weighted by Crippen LogP contribution is 2.28. The summed E-state index contributed by atoms with van der Waals surface area (Å²) in [7, 11) is 1.79. The summed E-state index contributed by atoms with van der Waals surface area (Å²) in [6.07, 6.45) is 6.34. The first kappa shape index (κ1) is 22.4. The summed E-state index contributed by atoms with van der Waals surface area (Å²) in [5.41, 5.74) is -0.101. The lowest BCUT2D eigenvalue weighted by molar-refractivity contribution is 0.174. The molecule has 180 valence electrons. The number of nitrogens with zero attached hydrogens (tertiary/aromatic N) is 6. The number of nitrogens with one attached hydrogen (secondary N) is 2. The third-order valence-electron chi connectivity index (χ3n) is 6.61. The average molecular weight is 471 g/mol. The van der Waals surface area contributed by atoms with E-state index in [0.717, 1.165) is 30.8 Å². The predicted molar refractivity (Wildman–Crippen MR) is 123 cm³/mol. The number of aryl methyl sites for hydroxylation is 1. The van der Waals surface area contributed by atoms with Crippen LogP contribution in [0.15, 0.2) is 24.5 Å². The lowest BCUT2D eigenvalue weighted by Crippen LogP contribution is -2.47. The highest BCUT2D eigenvalue weighted by molar-refractivity contribution is 5.89. The number of fused-ring (bicyclic) bond motifs is 1. The Hall–Kier alpha value is -3.37. The van der Waals surface area contributed by atoms with E-state index in [1.165, 1.54) is 11.8 Å². The lowest BCUT2D eigenvalue weighted by atomic mass is 9.91. The molecule has 2 amide bonds. The van der Waals surface area contributed by atoms with E-state index in [1.807, 2.05) is 12.1 Å². The van der Waals surface area contributed by atoms with E-state index in [0.29, 0.717) is 36.6 Å². The molecule has 0 radical (unpaired) electrons. The van der Waals surface area contributed by atoms with Crippen molar-refractivity contribution >= 4 is 22.9 Å². The van der Waals surface area contributed by atoms with Crippen molar-refractivity contribution < 1.29 is 13.6 Å². The van der Waals surface area contributed by atoms with Crippen molar-refractivity contribution in [2.75, 3.05) is 18.4 Å². The fourth-order valence-corrected chi connectivity index (χ4v) is 4.85. The molecule has 3 atom stereocenters. The summed E-state index contributed by atoms with van der Waals surface area (Å²) in [5.74, 6) is -0.128. The van der Waals surface area contributed by atoms with Crippen LogP contribution in [0.25, 0.3) is 22.6 Å². The van der Waals surface area contributed by atoms with Gasteiger partial charge in [-0.3, -0.25) is 0 Å². The molecular formula is C23H28F2N8O. The van der Waals surface area contributed by atoms with Gasteiger partial charge in [-0.2, -0.15) is 5.10 Å². The quantitative estimate of drug-likeness (QED) is 0.606. The number of anilines is 1. The summed E-state index contributed by atoms with van der Waals surface area (Å²) < 4.78 is 30.3. The van der Waals surface area contributed by atoms with Gasteiger partial charge in [0, 0.05) is 38.3 Å². The number of carbonyl (C=O) groups excluding carboxylic acids is 1. The first-order chi connectivity index (χ1) is 16.3. The van der Waals surface area contributed by atoms with E-state index >= 15 is 0 Å². The summed E-state index contributed by atoms with van der Waals surface area (Å²) in [5, 5.41) is 11.5. The van der Waals surface area contributed by atoms with Crippen LogP contribution in [0.4, 0.5) is 19.4 Å². The van der Waals surface area contributed by atoms with Gasteiger partial charge in [0.2, 0.25) is 0 Å². The largest absolute Gasteiger partial charge is 0.365 e. The molecule has 1 saturated heterocycles. The van der Waals surface area contributed by atoms with Gasteiger partial charge in [-0.05, 0) is 44.7 Å². The third kappa shape index (κ3) is 4.51. The van der Waals surface area contributed by atoms with Crippen LogP contribution < -0.4 is 10.6 Å². The summed E-state index contributed by atoms with van der Waals surface area (Å²) >= 11 is 0. The van der Waals surface area contributed by atoms with Crippen molar-refractivity contribution in [1.29, 1.82) is 0 Å². The van der Waals surface area contributed by atoms with Crippen molar-refractivity contribution in [3.63, 3.8) is 0 Å². The second-order valence-electron chi connectivity index (χ2n) is 9.48. The van der Waals surface area contributed by atoms with Crippen LogP contribution >= 0.6 is 0 Å². The van der Waals surface area contributed by atoms with Crippen molar-refractivity contribution in [2.45, 2.75) is 56.8 Å². The normalized spacial score (nSPS) is 25.0. The first-order valence-corrected chi connectivity index (χ1v) is 11.6. The first-order valence-electron chi connectivity index (χ1n) is 11.6. The lowest BCUT2D eigenvalue weighted by Gasteiger charge is -2.32. The molecule has 1 aliphatic heterocycles. The second kappa shape index (κ2) is 8.77. The van der Waals surface area contributed by atoms with Gasteiger partial charge in [0.15, 0.2) is 23.1 Å². The monoisotopic (exact) mass is 470 g/mol. The van der Waals surface area contributed by atoms with Gasteiger partial charge in [-0.25, -0.2) is 33.2 Å². The maximum Gasteiger partial charge on any atom is 0.317 e. The molecule has 2 fully saturated rings. The van der Waals surface area contributed by atoms with Crippen LogP contribution in [0.1, 0.15) is 39.0 Å². The summed E-state index contributed by atoms with van der Waals surface area (Å²) in [6, 6.07) is 3.31. The average Bonchev–Trinajstić information content (AvgIpc) is 3.35. The zero-order chi connectivity index (χ0) is 23.9. The van der Waals surface area contributed by atoms with E-state index in [-0.39, 0.29) is 30.5 Å². The Balaban J connectivity index is 1.28. The second-order valence-corrected chi connectivity index (χ2v) is 9.48. The SMILES string of the molecule is Cn1nc(-c2ncc(F)c(N[C@H]3CCC[C@@H](NC(=O)N4CCC(C)(F)C4)C3)n2)c2cccnc21. The number of alkyl halides is 1. The van der Waals surface area contributed by atoms with Crippen LogP contribution in [0.2, 0.25) is 0 Å². The number of hydrogen-bond acceptors (Lipinski definition) is 6. The highest BCUT2D eigenvalue weighted by Gasteiger charge is 2.37. The minimum atomic E-state index is -1.33. The molecule has 34 heavy (non-hydrogen) atoms. The molecule has 9 nitrogen and oxygen atoms in total. The van der Waals surface area contributed by atoms with Crippen LogP contribution in [0, 0.1) is 5.82 Å². The van der Waals surface area contributed by atoms with Crippen LogP contribution in [0.5, 0.6) is 0 Å². The molecule has 1 saturated carbocycles. The Morgan fingerprint density at radius 2 is 2.09 bits per heavy atom. The predicted octanol–water partition coefficient (Wildman–Crippen LogP) is 3.43. The van der Waals surface area contributed by atoms with E-state index in [1.54, 1.807) is 17.9 Å². The van der Waals surface area contributed by atoms with Gasteiger partial charge in [0.25, 0.3) is 0 Å². The zero-order valence-electron chi connectivity index (χ0n) is 19.3. The molecule has 0 spiro atoms. The molecule has 4 heterocycles. The van der Waals surface area contributed by atoms with E-state index in [9.17, 15) is 13.6 Å². The number of hydrogen-bond donors (Lipinski definition) is 2. The van der Waals surface area contributed by atoms with Gasteiger partial charge < -0.3 is 15.5 Å². The Bertz CT molecular complexity index is 1210. The van der Waals surface area contributed by atoms with Crippen molar-refractivity contribution in [3.05, 3.63) is 30.3 Å². The molecule has 2 N–H and O–H groups in total. The summed E-state index contributed by atoms with van der Waals surface area (Å²) in [6.45, 7) is 2.05. The van der Waals surface area contributed by atoms with Gasteiger partial charge in [-0.15, -0.1) is 0 Å². The third-order valence-corrected chi connectivity index (χ3v) is 6.61. The van der Waals surface area contributed by atoms with Crippen molar-refractivity contribution in [2.24, 2.45) is 7.05 Å². The van der Waals surface area contributed by atoms with Gasteiger partial charge in [0.1, 0.15) is 11.4 Å². The number of halogens is 2. The van der Waals surface area contributed by atoms with E-state index in [2.05, 4.69) is 30.7 Å². The number of likely N-dealkylation sites (tertiary alicyclic amines) is 1. The topological polar surface area (TPSA) is 101 Å². The fourth-order valence-electron chi connectivity index (χ4n) is 4.85. The smallest absolute Gasteiger partial charge is 0.317 e. The number of carbonyl (C=O) groups is 1. The Morgan fingerprint density at radius 1 is 1.26 bits per heavy atom. The molecule has 5 rings (SSSR count). The van der Waals surface area contributed by atoms with Crippen molar-refractivity contribution in [1.82, 2.24) is 34.9 Å². The minimum Gasteiger partial charge on any atom is -0.365 e. The minimum absolute atomic E-state index is 0.0662. The summed E-state index contributed by atoms with van der Waals surface area (Å²) in [4.78, 5) is 27.0. The Labute approximate surface area is 196 Å². The molecule has 3 aromatic rings. The number of aromatic nitrogens is 5. The number of rotatable bonds is 4. The number of pyridine rings is 1. The zero-order valence-corrected chi connectivity index (χ0v) is 19.3. The molecule has 1 aliphatic carbocycles. The molecule has 11 heteroatoms. The molecule has 2 aliphatic rings. The molecular weight excluding hydrogens is 442 g/mol. The number of amides is 2. The Kier molecular flexibility index (Phi) is 5.78. The number of urea groups is 1. The Morgan fingerprint density at radius 3 is 2.88 bits per heavy atom. The fraction of sp³-hybridized carbons (Fsp3) is 0.522. The molecule has 0 aromatic carbocycles. The van der Waals surface area contributed by atoms with Gasteiger partial charge in [0.05, 0.1) is 18.1 Å². The van der Waals surface area contributed by atoms with Crippen molar-refractivity contribution in [3.8, 4) is 11.5 Å². The van der Waals surface area contributed by atoms with Gasteiger partial charge >= 0.3 is 6.03 Å². The standard InChI is InChI=1S/C23H28F2N8O/c1-23(25)8-10-33(13-23)22(34)29-15-6-3-5-14(11-15)28-19-17(24)12-27-20(30-19)18-16-7-4-9-26-21(16)32(2)31-18/h4,7,9,12,14-15H,3,5-6,8,10-11,13H2,1-2H3,(H,29,34)(H,27,28,30)/t14-,15+,23?/m0/s1. The van der Waals surface area contributed by atoms with Crippen LogP contribution in [-0.2, 0) is 7.05 Å². The molecule has 3 aromatic heterocycles. The van der Waals surface area contributed by atoms with Crippen LogP contribution in [-0.4, -0.2) is 66.5 Å². The highest BCUT2D eigenvalue weighted by atomic mass is 19.1.